The number of ether oxygens (including phenoxy) is 1. The predicted molar refractivity (Wildman–Crippen MR) is 79.0 cm³/mol. The van der Waals surface area contributed by atoms with Gasteiger partial charge in [-0.2, -0.15) is 5.10 Å². The smallest absolute Gasteiger partial charge is 0.236 e. The summed E-state index contributed by atoms with van der Waals surface area (Å²) in [7, 11) is 0. The molecular weight excluding hydrogens is 268 g/mol. The summed E-state index contributed by atoms with van der Waals surface area (Å²) in [5.41, 5.74) is 1.22. The number of carbonyl (C=O) groups is 1. The van der Waals surface area contributed by atoms with Crippen LogP contribution in [-0.2, 0) is 9.53 Å². The molecule has 3 heterocycles. The molecule has 1 N–H and O–H groups in total. The van der Waals surface area contributed by atoms with Crippen LogP contribution in [0.25, 0.3) is 0 Å². The quantitative estimate of drug-likeness (QED) is 0.896. The maximum absolute atomic E-state index is 12.3. The average Bonchev–Trinajstić information content (AvgIpc) is 3.02. The Bertz CT molecular complexity index is 454. The molecule has 2 fully saturated rings. The normalized spacial score (nSPS) is 25.2. The number of morpholine rings is 1. The molecule has 0 aliphatic carbocycles. The van der Waals surface area contributed by atoms with Crippen molar-refractivity contribution in [1.82, 2.24) is 20.0 Å². The third-order valence-electron chi connectivity index (χ3n) is 4.50. The zero-order valence-electron chi connectivity index (χ0n) is 12.6. The van der Waals surface area contributed by atoms with Crippen molar-refractivity contribution < 1.29 is 9.53 Å². The van der Waals surface area contributed by atoms with Gasteiger partial charge >= 0.3 is 0 Å². The first-order valence-electron chi connectivity index (χ1n) is 7.83. The highest BCUT2D eigenvalue weighted by molar-refractivity contribution is 5.78. The van der Waals surface area contributed by atoms with E-state index >= 15 is 0 Å². The lowest BCUT2D eigenvalue weighted by molar-refractivity contribution is -0.139. The molecule has 0 radical (unpaired) electrons. The first kappa shape index (κ1) is 14.5. The van der Waals surface area contributed by atoms with E-state index in [-0.39, 0.29) is 12.0 Å². The second kappa shape index (κ2) is 6.58. The molecule has 21 heavy (non-hydrogen) atoms. The summed E-state index contributed by atoms with van der Waals surface area (Å²) in [5.74, 6) is 0.799. The third-order valence-corrected chi connectivity index (χ3v) is 4.50. The molecule has 6 nitrogen and oxygen atoms in total. The number of H-pyrrole nitrogens is 1. The van der Waals surface area contributed by atoms with Gasteiger partial charge in [0.05, 0.1) is 19.3 Å². The van der Waals surface area contributed by atoms with Gasteiger partial charge in [0.15, 0.2) is 0 Å². The third kappa shape index (κ3) is 3.63. The number of nitrogens with one attached hydrogen (secondary N) is 1. The number of nitrogens with zero attached hydrogens (tertiary/aromatic N) is 3. The van der Waals surface area contributed by atoms with Gasteiger partial charge in [-0.3, -0.25) is 14.8 Å². The number of likely N-dealkylation sites (tertiary alicyclic amines) is 1. The molecule has 0 unspecified atom stereocenters. The predicted octanol–water partition coefficient (Wildman–Crippen LogP) is 0.836. The highest BCUT2D eigenvalue weighted by Crippen LogP contribution is 2.26. The Morgan fingerprint density at radius 2 is 2.24 bits per heavy atom. The summed E-state index contributed by atoms with van der Waals surface area (Å²) in [5, 5.41) is 7.08. The highest BCUT2D eigenvalue weighted by atomic mass is 16.5. The summed E-state index contributed by atoms with van der Waals surface area (Å²) in [6.07, 6.45) is 4.16. The first-order valence-corrected chi connectivity index (χ1v) is 7.83. The van der Waals surface area contributed by atoms with E-state index in [1.54, 1.807) is 0 Å². The van der Waals surface area contributed by atoms with E-state index in [4.69, 9.17) is 4.74 Å². The van der Waals surface area contributed by atoms with Crippen molar-refractivity contribution in [1.29, 1.82) is 0 Å². The molecule has 6 heteroatoms. The Balaban J connectivity index is 1.45. The number of hydrogen-bond acceptors (Lipinski definition) is 4. The van der Waals surface area contributed by atoms with Crippen molar-refractivity contribution in [3.05, 3.63) is 18.0 Å². The van der Waals surface area contributed by atoms with Crippen LogP contribution in [0.5, 0.6) is 0 Å². The fraction of sp³-hybridized carbons (Fsp3) is 0.733. The van der Waals surface area contributed by atoms with E-state index in [1.807, 2.05) is 18.0 Å². The zero-order valence-corrected chi connectivity index (χ0v) is 12.6. The minimum absolute atomic E-state index is 0.161. The number of piperidine rings is 1. The lowest BCUT2D eigenvalue weighted by Gasteiger charge is -2.35. The van der Waals surface area contributed by atoms with Crippen molar-refractivity contribution in [3.8, 4) is 0 Å². The summed E-state index contributed by atoms with van der Waals surface area (Å²) < 4.78 is 5.49. The van der Waals surface area contributed by atoms with Crippen LogP contribution in [0.3, 0.4) is 0 Å². The van der Waals surface area contributed by atoms with E-state index < -0.39 is 0 Å². The summed E-state index contributed by atoms with van der Waals surface area (Å²) in [6.45, 7) is 6.65. The maximum Gasteiger partial charge on any atom is 0.236 e. The lowest BCUT2D eigenvalue weighted by atomic mass is 9.94. The topological polar surface area (TPSA) is 61.5 Å². The number of aromatic nitrogens is 2. The molecule has 3 rings (SSSR count). The van der Waals surface area contributed by atoms with Gasteiger partial charge in [0.1, 0.15) is 0 Å². The number of aromatic amines is 1. The molecule has 0 aromatic carbocycles. The number of hydrogen-bond donors (Lipinski definition) is 1. The zero-order chi connectivity index (χ0) is 14.7. The van der Waals surface area contributed by atoms with Crippen LogP contribution in [0.2, 0.25) is 0 Å². The van der Waals surface area contributed by atoms with Crippen molar-refractivity contribution >= 4 is 5.91 Å². The fourth-order valence-electron chi connectivity index (χ4n) is 3.23. The van der Waals surface area contributed by atoms with Crippen molar-refractivity contribution in [2.75, 3.05) is 39.3 Å². The Morgan fingerprint density at radius 3 is 2.90 bits per heavy atom. The van der Waals surface area contributed by atoms with Crippen LogP contribution in [0.4, 0.5) is 0 Å². The Kier molecular flexibility index (Phi) is 4.55. The van der Waals surface area contributed by atoms with Crippen LogP contribution in [0.1, 0.15) is 31.4 Å². The number of carbonyl (C=O) groups excluding carboxylic acids is 1. The van der Waals surface area contributed by atoms with Gasteiger partial charge in [-0.15, -0.1) is 0 Å². The van der Waals surface area contributed by atoms with Gasteiger partial charge in [-0.1, -0.05) is 0 Å². The molecule has 1 atom stereocenters. The van der Waals surface area contributed by atoms with Gasteiger partial charge in [-0.25, -0.2) is 0 Å². The minimum Gasteiger partial charge on any atom is -0.375 e. The molecule has 1 amide bonds. The second-order valence-electron chi connectivity index (χ2n) is 6.08. The van der Waals surface area contributed by atoms with Crippen molar-refractivity contribution in [2.24, 2.45) is 0 Å². The van der Waals surface area contributed by atoms with E-state index in [1.165, 1.54) is 5.69 Å². The highest BCUT2D eigenvalue weighted by Gasteiger charge is 2.26. The molecule has 1 aromatic rings. The van der Waals surface area contributed by atoms with Crippen molar-refractivity contribution in [3.63, 3.8) is 0 Å². The van der Waals surface area contributed by atoms with Gasteiger partial charge in [0.25, 0.3) is 0 Å². The van der Waals surface area contributed by atoms with Crippen LogP contribution < -0.4 is 0 Å². The van der Waals surface area contributed by atoms with E-state index in [0.717, 1.165) is 39.0 Å². The Hall–Kier alpha value is -1.40. The summed E-state index contributed by atoms with van der Waals surface area (Å²) in [6, 6.07) is 2.06. The maximum atomic E-state index is 12.3. The first-order chi connectivity index (χ1) is 10.2. The summed E-state index contributed by atoms with van der Waals surface area (Å²) >= 11 is 0. The Labute approximate surface area is 125 Å². The SMILES string of the molecule is C[C@@H]1CN(C(=O)CN2CCC(c3ccn[nH]3)CC2)CCO1. The molecule has 116 valence electrons. The average molecular weight is 292 g/mol. The molecular formula is C15H24N4O2. The van der Waals surface area contributed by atoms with Crippen LogP contribution >= 0.6 is 0 Å². The van der Waals surface area contributed by atoms with Gasteiger partial charge < -0.3 is 9.64 Å². The van der Waals surface area contributed by atoms with E-state index in [2.05, 4.69) is 21.2 Å². The van der Waals surface area contributed by atoms with Gasteiger partial charge in [0, 0.05) is 30.9 Å². The minimum atomic E-state index is 0.161. The van der Waals surface area contributed by atoms with Crippen molar-refractivity contribution in [2.45, 2.75) is 31.8 Å². The van der Waals surface area contributed by atoms with E-state index in [0.29, 0.717) is 19.1 Å². The molecule has 1 aromatic heterocycles. The number of amides is 1. The molecule has 0 bridgehead atoms. The molecule has 2 saturated heterocycles. The fourth-order valence-corrected chi connectivity index (χ4v) is 3.23. The molecule has 2 aliphatic rings. The monoisotopic (exact) mass is 292 g/mol. The number of rotatable bonds is 3. The van der Waals surface area contributed by atoms with Crippen LogP contribution in [0.15, 0.2) is 12.3 Å². The van der Waals surface area contributed by atoms with Crippen LogP contribution in [0, 0.1) is 0 Å². The largest absolute Gasteiger partial charge is 0.375 e. The summed E-state index contributed by atoms with van der Waals surface area (Å²) in [4.78, 5) is 16.5. The molecule has 2 aliphatic heterocycles. The second-order valence-corrected chi connectivity index (χ2v) is 6.08. The molecule has 0 spiro atoms. The van der Waals surface area contributed by atoms with E-state index in [9.17, 15) is 4.79 Å². The molecule has 0 saturated carbocycles. The standard InChI is InChI=1S/C15H24N4O2/c1-12-10-19(8-9-21-12)15(20)11-18-6-3-13(4-7-18)14-2-5-16-17-14/h2,5,12-13H,3-4,6-11H2,1H3,(H,16,17)/t12-/m1/s1. The van der Waals surface area contributed by atoms with Gasteiger partial charge in [-0.05, 0) is 38.9 Å². The lowest BCUT2D eigenvalue weighted by Crippen LogP contribution is -2.49. The van der Waals surface area contributed by atoms with Gasteiger partial charge in [0.2, 0.25) is 5.91 Å². The Morgan fingerprint density at radius 1 is 1.43 bits per heavy atom. The van der Waals surface area contributed by atoms with Crippen LogP contribution in [-0.4, -0.2) is 71.3 Å².